The van der Waals surface area contributed by atoms with Crippen LogP contribution >= 0.6 is 0 Å². The summed E-state index contributed by atoms with van der Waals surface area (Å²) in [5, 5.41) is 6.94. The fourth-order valence-corrected chi connectivity index (χ4v) is 4.53. The third-order valence-electron chi connectivity index (χ3n) is 6.03. The Morgan fingerprint density at radius 3 is 2.72 bits per heavy atom. The van der Waals surface area contributed by atoms with Crippen molar-refractivity contribution < 1.29 is 9.47 Å². The van der Waals surface area contributed by atoms with Crippen LogP contribution in [-0.2, 0) is 13.0 Å². The second kappa shape index (κ2) is 9.22. The van der Waals surface area contributed by atoms with Gasteiger partial charge in [-0.05, 0) is 32.9 Å². The molecular weight excluding hydrogens is 366 g/mol. The highest BCUT2D eigenvalue weighted by molar-refractivity contribution is 5.79. The molecule has 4 heterocycles. The van der Waals surface area contributed by atoms with Crippen molar-refractivity contribution in [1.29, 1.82) is 0 Å². The Morgan fingerprint density at radius 1 is 1.21 bits per heavy atom. The highest BCUT2D eigenvalue weighted by Gasteiger charge is 2.31. The van der Waals surface area contributed by atoms with Crippen molar-refractivity contribution in [2.75, 3.05) is 52.4 Å². The number of nitrogens with one attached hydrogen (secondary N) is 2. The Labute approximate surface area is 174 Å². The van der Waals surface area contributed by atoms with E-state index < -0.39 is 0 Å². The lowest BCUT2D eigenvalue weighted by Gasteiger charge is -2.47. The summed E-state index contributed by atoms with van der Waals surface area (Å²) in [5.41, 5.74) is 2.30. The van der Waals surface area contributed by atoms with Crippen LogP contribution < -0.4 is 20.1 Å². The van der Waals surface area contributed by atoms with Crippen LogP contribution in [-0.4, -0.2) is 80.3 Å². The van der Waals surface area contributed by atoms with E-state index in [0.29, 0.717) is 19.2 Å². The Morgan fingerprint density at radius 2 is 2.03 bits per heavy atom. The molecule has 3 saturated heterocycles. The Kier molecular flexibility index (Phi) is 6.45. The molecular formula is C22H35N5O2. The van der Waals surface area contributed by atoms with Crippen LogP contribution in [0.2, 0.25) is 0 Å². The quantitative estimate of drug-likeness (QED) is 0.533. The summed E-state index contributed by atoms with van der Waals surface area (Å²) < 4.78 is 11.8. The number of hydrogen-bond donors (Lipinski definition) is 2. The van der Waals surface area contributed by atoms with E-state index >= 15 is 0 Å². The van der Waals surface area contributed by atoms with E-state index in [1.165, 1.54) is 31.7 Å². The van der Waals surface area contributed by atoms with Crippen LogP contribution in [0.5, 0.6) is 11.5 Å². The number of aliphatic imine (C=N–C) groups is 1. The third-order valence-corrected chi connectivity index (χ3v) is 6.03. The Balaban J connectivity index is 1.43. The summed E-state index contributed by atoms with van der Waals surface area (Å²) >= 11 is 0. The molecule has 0 spiro atoms. The first-order valence-electron chi connectivity index (χ1n) is 11.1. The van der Waals surface area contributed by atoms with E-state index in [0.717, 1.165) is 49.1 Å². The van der Waals surface area contributed by atoms with E-state index in [1.54, 1.807) is 0 Å². The highest BCUT2D eigenvalue weighted by Crippen LogP contribution is 2.35. The first kappa shape index (κ1) is 20.3. The van der Waals surface area contributed by atoms with Crippen LogP contribution in [0.4, 0.5) is 0 Å². The SMILES string of the molecule is CCNC(=NCc1cc2c(cc1OCC)CC(C)O2)NCC1CN2CCN1CC2. The number of guanidine groups is 1. The molecule has 1 aromatic rings. The number of ether oxygens (including phenoxy) is 2. The van der Waals surface area contributed by atoms with Gasteiger partial charge in [-0.3, -0.25) is 9.80 Å². The molecule has 1 aromatic carbocycles. The molecule has 2 bridgehead atoms. The normalized spacial score (nSPS) is 28.0. The van der Waals surface area contributed by atoms with Gasteiger partial charge in [0.2, 0.25) is 0 Å². The van der Waals surface area contributed by atoms with Crippen molar-refractivity contribution in [2.45, 2.75) is 45.9 Å². The Bertz CT molecular complexity index is 730. The van der Waals surface area contributed by atoms with Gasteiger partial charge in [0.25, 0.3) is 0 Å². The van der Waals surface area contributed by atoms with Crippen molar-refractivity contribution >= 4 is 5.96 Å². The van der Waals surface area contributed by atoms with Crippen LogP contribution in [0.1, 0.15) is 31.9 Å². The zero-order valence-electron chi connectivity index (χ0n) is 18.0. The third kappa shape index (κ3) is 4.78. The molecule has 0 radical (unpaired) electrons. The molecule has 5 rings (SSSR count). The minimum Gasteiger partial charge on any atom is -0.494 e. The van der Waals surface area contributed by atoms with Crippen molar-refractivity contribution in [3.8, 4) is 11.5 Å². The predicted molar refractivity (Wildman–Crippen MR) is 116 cm³/mol. The summed E-state index contributed by atoms with van der Waals surface area (Å²) in [4.78, 5) is 10.0. The Hall–Kier alpha value is -1.99. The van der Waals surface area contributed by atoms with Gasteiger partial charge in [-0.1, -0.05) is 0 Å². The second-order valence-electron chi connectivity index (χ2n) is 8.20. The molecule has 7 heteroatoms. The molecule has 0 aliphatic carbocycles. The average Bonchev–Trinajstić information content (AvgIpc) is 3.10. The number of rotatable bonds is 7. The van der Waals surface area contributed by atoms with Crippen molar-refractivity contribution in [2.24, 2.45) is 4.99 Å². The van der Waals surface area contributed by atoms with Gasteiger partial charge in [0, 0.05) is 69.4 Å². The average molecular weight is 402 g/mol. The standard InChI is InChI=1S/C22H35N5O2/c1-4-23-22(25-14-19-15-26-6-8-27(19)9-7-26)24-13-18-12-21-17(10-16(3)29-21)11-20(18)28-5-2/h11-12,16,19H,4-10,13-15H2,1-3H3,(H2,23,24,25). The van der Waals surface area contributed by atoms with E-state index in [2.05, 4.69) is 46.4 Å². The summed E-state index contributed by atoms with van der Waals surface area (Å²) in [7, 11) is 0. The largest absolute Gasteiger partial charge is 0.494 e. The van der Waals surface area contributed by atoms with Gasteiger partial charge in [0.05, 0.1) is 13.2 Å². The molecule has 0 aromatic heterocycles. The molecule has 7 nitrogen and oxygen atoms in total. The molecule has 3 fully saturated rings. The molecule has 2 unspecified atom stereocenters. The molecule has 4 aliphatic heterocycles. The van der Waals surface area contributed by atoms with Gasteiger partial charge >= 0.3 is 0 Å². The number of hydrogen-bond acceptors (Lipinski definition) is 5. The molecule has 2 atom stereocenters. The number of piperazine rings is 3. The lowest BCUT2D eigenvalue weighted by Crippen LogP contribution is -2.63. The predicted octanol–water partition coefficient (Wildman–Crippen LogP) is 1.46. The fourth-order valence-electron chi connectivity index (χ4n) is 4.53. The maximum atomic E-state index is 5.94. The second-order valence-corrected chi connectivity index (χ2v) is 8.20. The van der Waals surface area contributed by atoms with Gasteiger partial charge in [-0.15, -0.1) is 0 Å². The van der Waals surface area contributed by atoms with Crippen LogP contribution in [0.25, 0.3) is 0 Å². The van der Waals surface area contributed by atoms with Gasteiger partial charge in [-0.25, -0.2) is 4.99 Å². The topological polar surface area (TPSA) is 61.4 Å². The zero-order valence-corrected chi connectivity index (χ0v) is 18.0. The summed E-state index contributed by atoms with van der Waals surface area (Å²) in [5.74, 6) is 2.76. The van der Waals surface area contributed by atoms with Crippen molar-refractivity contribution in [3.05, 3.63) is 23.3 Å². The first-order chi connectivity index (χ1) is 14.2. The molecule has 29 heavy (non-hydrogen) atoms. The van der Waals surface area contributed by atoms with Crippen molar-refractivity contribution in [1.82, 2.24) is 20.4 Å². The van der Waals surface area contributed by atoms with Crippen LogP contribution in [0, 0.1) is 0 Å². The minimum atomic E-state index is 0.230. The van der Waals surface area contributed by atoms with Crippen LogP contribution in [0.15, 0.2) is 17.1 Å². The van der Waals surface area contributed by atoms with Gasteiger partial charge < -0.3 is 20.1 Å². The molecule has 2 N–H and O–H groups in total. The highest BCUT2D eigenvalue weighted by atomic mass is 16.5. The van der Waals surface area contributed by atoms with Crippen LogP contribution in [0.3, 0.4) is 0 Å². The molecule has 160 valence electrons. The molecule has 0 amide bonds. The minimum absolute atomic E-state index is 0.230. The fraction of sp³-hybridized carbons (Fsp3) is 0.682. The lowest BCUT2D eigenvalue weighted by molar-refractivity contribution is 0.0154. The lowest BCUT2D eigenvalue weighted by atomic mass is 10.1. The smallest absolute Gasteiger partial charge is 0.191 e. The van der Waals surface area contributed by atoms with Crippen molar-refractivity contribution in [3.63, 3.8) is 0 Å². The van der Waals surface area contributed by atoms with Gasteiger partial charge in [0.1, 0.15) is 17.6 Å². The molecule has 0 saturated carbocycles. The van der Waals surface area contributed by atoms with Gasteiger partial charge in [0.15, 0.2) is 5.96 Å². The van der Waals surface area contributed by atoms with Gasteiger partial charge in [-0.2, -0.15) is 0 Å². The molecule has 4 aliphatic rings. The number of nitrogens with zero attached hydrogens (tertiary/aromatic N) is 3. The summed E-state index contributed by atoms with van der Waals surface area (Å²) in [6, 6.07) is 4.81. The van der Waals surface area contributed by atoms with E-state index in [1.807, 2.05) is 6.92 Å². The van der Waals surface area contributed by atoms with E-state index in [9.17, 15) is 0 Å². The summed E-state index contributed by atoms with van der Waals surface area (Å²) in [6.45, 7) is 15.2. The zero-order chi connectivity index (χ0) is 20.2. The number of benzene rings is 1. The van der Waals surface area contributed by atoms with E-state index in [4.69, 9.17) is 14.5 Å². The monoisotopic (exact) mass is 401 g/mol. The summed E-state index contributed by atoms with van der Waals surface area (Å²) in [6.07, 6.45) is 1.17. The maximum Gasteiger partial charge on any atom is 0.191 e. The van der Waals surface area contributed by atoms with E-state index in [-0.39, 0.29) is 6.10 Å². The first-order valence-corrected chi connectivity index (χ1v) is 11.1. The maximum absolute atomic E-state index is 5.94. The number of fused-ring (bicyclic) bond motifs is 4.